The summed E-state index contributed by atoms with van der Waals surface area (Å²) in [5.74, 6) is 0. The van der Waals surface area contributed by atoms with E-state index >= 15 is 0 Å². The Morgan fingerprint density at radius 3 is 2.32 bits per heavy atom. The molecule has 0 saturated heterocycles. The van der Waals surface area contributed by atoms with Crippen molar-refractivity contribution < 1.29 is 4.79 Å². The van der Waals surface area contributed by atoms with Crippen molar-refractivity contribution in [3.05, 3.63) is 49.2 Å². The van der Waals surface area contributed by atoms with Gasteiger partial charge in [-0.3, -0.25) is 0 Å². The van der Waals surface area contributed by atoms with Crippen molar-refractivity contribution in [3.8, 4) is 5.69 Å². The third-order valence-electron chi connectivity index (χ3n) is 2.32. The maximum absolute atomic E-state index is 12.0. The molecule has 0 fully saturated rings. The predicted molar refractivity (Wildman–Crippen MR) is 70.5 cm³/mol. The third-order valence-corrected chi connectivity index (χ3v) is 2.75. The molecule has 2 N–H and O–H groups in total. The van der Waals surface area contributed by atoms with Crippen molar-refractivity contribution in [2.45, 2.75) is 0 Å². The topological polar surface area (TPSA) is 88.9 Å². The van der Waals surface area contributed by atoms with Gasteiger partial charge in [0, 0.05) is 17.1 Å². The van der Waals surface area contributed by atoms with Crippen LogP contribution in [0.2, 0.25) is 10.0 Å². The number of aromatic nitrogens is 3. The van der Waals surface area contributed by atoms with E-state index < -0.39 is 17.4 Å². The van der Waals surface area contributed by atoms with Crippen LogP contribution in [0.15, 0.2) is 27.8 Å². The summed E-state index contributed by atoms with van der Waals surface area (Å²) >= 11 is 11.6. The molecule has 9 heteroatoms. The molecule has 0 spiro atoms. The molecule has 0 radical (unpaired) electrons. The van der Waals surface area contributed by atoms with Crippen LogP contribution in [0, 0.1) is 0 Å². The summed E-state index contributed by atoms with van der Waals surface area (Å²) in [6.07, 6.45) is 0. The van der Waals surface area contributed by atoms with Gasteiger partial charge in [0.05, 0.1) is 5.69 Å². The first-order chi connectivity index (χ1) is 8.93. The Bertz CT molecular complexity index is 739. The van der Waals surface area contributed by atoms with Gasteiger partial charge in [0.2, 0.25) is 0 Å². The SMILES string of the molecule is CNC(=O)n1[nH]c(=O)n(-c2cc(Cl)cc(Cl)c2)c1=O. The van der Waals surface area contributed by atoms with Crippen molar-refractivity contribution >= 4 is 29.2 Å². The lowest BCUT2D eigenvalue weighted by atomic mass is 10.3. The quantitative estimate of drug-likeness (QED) is 0.817. The molecule has 1 aromatic heterocycles. The van der Waals surface area contributed by atoms with Gasteiger partial charge in [-0.2, -0.15) is 0 Å². The van der Waals surface area contributed by atoms with Gasteiger partial charge >= 0.3 is 17.4 Å². The first-order valence-electron chi connectivity index (χ1n) is 5.06. The van der Waals surface area contributed by atoms with Gasteiger partial charge in [0.1, 0.15) is 0 Å². The van der Waals surface area contributed by atoms with Crippen LogP contribution in [0.1, 0.15) is 0 Å². The highest BCUT2D eigenvalue weighted by molar-refractivity contribution is 6.34. The molecule has 0 aliphatic rings. The van der Waals surface area contributed by atoms with Gasteiger partial charge < -0.3 is 5.32 Å². The number of halogens is 2. The number of hydrogen-bond acceptors (Lipinski definition) is 3. The molecule has 0 saturated carbocycles. The smallest absolute Gasteiger partial charge is 0.339 e. The molecule has 0 aliphatic carbocycles. The minimum Gasteiger partial charge on any atom is -0.339 e. The molecule has 1 aromatic carbocycles. The summed E-state index contributed by atoms with van der Waals surface area (Å²) in [5.41, 5.74) is -1.44. The van der Waals surface area contributed by atoms with Crippen LogP contribution in [-0.4, -0.2) is 27.4 Å². The number of aromatic amines is 1. The normalized spacial score (nSPS) is 10.5. The van der Waals surface area contributed by atoms with Crippen LogP contribution < -0.4 is 16.7 Å². The van der Waals surface area contributed by atoms with Crippen LogP contribution in [0.25, 0.3) is 5.69 Å². The van der Waals surface area contributed by atoms with Crippen molar-refractivity contribution in [1.29, 1.82) is 0 Å². The fourth-order valence-electron chi connectivity index (χ4n) is 1.53. The first-order valence-corrected chi connectivity index (χ1v) is 5.82. The summed E-state index contributed by atoms with van der Waals surface area (Å²) in [7, 11) is 1.33. The Labute approximate surface area is 116 Å². The van der Waals surface area contributed by atoms with Crippen LogP contribution in [-0.2, 0) is 0 Å². The van der Waals surface area contributed by atoms with Gasteiger partial charge in [-0.15, -0.1) is 4.68 Å². The molecular weight excluding hydrogens is 295 g/mol. The van der Waals surface area contributed by atoms with E-state index in [2.05, 4.69) is 10.4 Å². The lowest BCUT2D eigenvalue weighted by Gasteiger charge is -2.01. The van der Waals surface area contributed by atoms with E-state index in [9.17, 15) is 14.4 Å². The molecule has 2 aromatic rings. The Balaban J connectivity index is 2.70. The minimum atomic E-state index is -0.845. The van der Waals surface area contributed by atoms with Gasteiger partial charge in [0.15, 0.2) is 0 Å². The van der Waals surface area contributed by atoms with Crippen LogP contribution in [0.3, 0.4) is 0 Å². The molecule has 2 rings (SSSR count). The van der Waals surface area contributed by atoms with Gasteiger partial charge in [0.25, 0.3) is 0 Å². The number of nitrogens with one attached hydrogen (secondary N) is 2. The lowest BCUT2D eigenvalue weighted by Crippen LogP contribution is -2.35. The molecule has 0 atom stereocenters. The number of rotatable bonds is 1. The zero-order valence-electron chi connectivity index (χ0n) is 9.61. The Morgan fingerprint density at radius 1 is 1.21 bits per heavy atom. The van der Waals surface area contributed by atoms with E-state index in [1.807, 2.05) is 0 Å². The maximum Gasteiger partial charge on any atom is 0.360 e. The van der Waals surface area contributed by atoms with Crippen LogP contribution >= 0.6 is 23.2 Å². The van der Waals surface area contributed by atoms with E-state index in [1.165, 1.54) is 25.2 Å². The molecule has 1 heterocycles. The monoisotopic (exact) mass is 302 g/mol. The Hall–Kier alpha value is -1.99. The highest BCUT2D eigenvalue weighted by Crippen LogP contribution is 2.20. The number of amides is 1. The van der Waals surface area contributed by atoms with E-state index in [0.29, 0.717) is 4.68 Å². The van der Waals surface area contributed by atoms with E-state index in [1.54, 1.807) is 0 Å². The van der Waals surface area contributed by atoms with Crippen LogP contribution in [0.5, 0.6) is 0 Å². The molecule has 19 heavy (non-hydrogen) atoms. The average molecular weight is 303 g/mol. The largest absolute Gasteiger partial charge is 0.360 e. The summed E-state index contributed by atoms with van der Waals surface area (Å²) in [6, 6.07) is 3.48. The third kappa shape index (κ3) is 2.42. The summed E-state index contributed by atoms with van der Waals surface area (Å²) in [6.45, 7) is 0. The molecule has 0 unspecified atom stereocenters. The van der Waals surface area contributed by atoms with E-state index in [-0.39, 0.29) is 15.7 Å². The summed E-state index contributed by atoms with van der Waals surface area (Å²) in [4.78, 5) is 35.1. The number of H-pyrrole nitrogens is 1. The molecule has 7 nitrogen and oxygen atoms in total. The van der Waals surface area contributed by atoms with Crippen molar-refractivity contribution in [3.63, 3.8) is 0 Å². The number of benzene rings is 1. The number of nitrogens with zero attached hydrogens (tertiary/aromatic N) is 2. The van der Waals surface area contributed by atoms with Crippen molar-refractivity contribution in [2.75, 3.05) is 7.05 Å². The second kappa shape index (κ2) is 4.94. The molecule has 100 valence electrons. The summed E-state index contributed by atoms with van der Waals surface area (Å²) in [5, 5.41) is 4.87. The Kier molecular flexibility index (Phi) is 3.50. The number of carbonyl (C=O) groups excluding carboxylic acids is 1. The van der Waals surface area contributed by atoms with Crippen molar-refractivity contribution in [1.82, 2.24) is 19.7 Å². The van der Waals surface area contributed by atoms with Gasteiger partial charge in [-0.05, 0) is 18.2 Å². The highest BCUT2D eigenvalue weighted by Gasteiger charge is 2.15. The Morgan fingerprint density at radius 2 is 1.79 bits per heavy atom. The second-order valence-electron chi connectivity index (χ2n) is 3.55. The zero-order chi connectivity index (χ0) is 14.2. The van der Waals surface area contributed by atoms with Gasteiger partial charge in [-0.25, -0.2) is 24.0 Å². The van der Waals surface area contributed by atoms with E-state index in [0.717, 1.165) is 4.57 Å². The standard InChI is InChI=1S/C10H8Cl2N4O3/c1-13-8(17)16-10(19)15(9(18)14-16)7-3-5(11)2-6(12)4-7/h2-4H,1H3,(H,13,17)(H,14,18). The number of hydrogen-bond donors (Lipinski definition) is 2. The van der Waals surface area contributed by atoms with Gasteiger partial charge in [-0.1, -0.05) is 23.2 Å². The molecular formula is C10H8Cl2N4O3. The van der Waals surface area contributed by atoms with Crippen LogP contribution in [0.4, 0.5) is 4.79 Å². The van der Waals surface area contributed by atoms with E-state index in [4.69, 9.17) is 23.2 Å². The molecule has 0 bridgehead atoms. The first kappa shape index (κ1) is 13.4. The summed E-state index contributed by atoms with van der Waals surface area (Å²) < 4.78 is 1.31. The molecule has 0 aliphatic heterocycles. The maximum atomic E-state index is 12.0. The highest BCUT2D eigenvalue weighted by atomic mass is 35.5. The molecule has 1 amide bonds. The fourth-order valence-corrected chi connectivity index (χ4v) is 2.04. The average Bonchev–Trinajstić information content (AvgIpc) is 2.62. The van der Waals surface area contributed by atoms with Crippen molar-refractivity contribution in [2.24, 2.45) is 0 Å². The second-order valence-corrected chi connectivity index (χ2v) is 4.43. The lowest BCUT2D eigenvalue weighted by molar-refractivity contribution is 0.240. The fraction of sp³-hybridized carbons (Fsp3) is 0.100. The predicted octanol–water partition coefficient (Wildman–Crippen LogP) is 0.822. The minimum absolute atomic E-state index is 0.173. The zero-order valence-corrected chi connectivity index (χ0v) is 11.1. The number of carbonyl (C=O) groups is 1.